The molecule has 0 radical (unpaired) electrons. The Hall–Kier alpha value is 0.280. The van der Waals surface area contributed by atoms with Crippen LogP contribution in [0, 0.1) is 0 Å². The third-order valence-corrected chi connectivity index (χ3v) is 3.69. The maximum absolute atomic E-state index is 5.87. The van der Waals surface area contributed by atoms with Gasteiger partial charge in [0.05, 0.1) is 20.4 Å². The first-order chi connectivity index (χ1) is 5.70. The van der Waals surface area contributed by atoms with Crippen molar-refractivity contribution in [3.63, 3.8) is 0 Å². The molecule has 1 aliphatic rings. The van der Waals surface area contributed by atoms with E-state index in [1.165, 1.54) is 0 Å². The second-order valence-corrected chi connectivity index (χ2v) is 4.16. The van der Waals surface area contributed by atoms with Crippen molar-refractivity contribution in [2.75, 3.05) is 0 Å². The summed E-state index contributed by atoms with van der Waals surface area (Å²) in [6.07, 6.45) is 0. The number of hydrogen-bond donors (Lipinski definition) is 0. The predicted molar refractivity (Wildman–Crippen MR) is 51.1 cm³/mol. The molecule has 0 amide bonds. The summed E-state index contributed by atoms with van der Waals surface area (Å²) in [6.45, 7) is 0. The first kappa shape index (κ1) is 8.86. The van der Waals surface area contributed by atoms with Crippen molar-refractivity contribution in [2.45, 2.75) is 0 Å². The van der Waals surface area contributed by atoms with Crippen molar-refractivity contribution in [2.24, 2.45) is 0 Å². The molecule has 1 heterocycles. The van der Waals surface area contributed by atoms with Crippen molar-refractivity contribution in [3.8, 4) is 5.75 Å². The van der Waals surface area contributed by atoms with Crippen LogP contribution in [0.25, 0.3) is 0 Å². The molecule has 2 nitrogen and oxygen atoms in total. The van der Waals surface area contributed by atoms with E-state index < -0.39 is 0 Å². The lowest BCUT2D eigenvalue weighted by Gasteiger charge is -2.01. The highest BCUT2D eigenvalue weighted by Gasteiger charge is 2.22. The topological polar surface area (TPSA) is 18.5 Å². The number of benzene rings is 1. The minimum Gasteiger partial charge on any atom is -0.333 e. The fourth-order valence-corrected chi connectivity index (χ4v) is 2.27. The molecule has 6 heteroatoms. The Bertz CT molecular complexity index is 342. The van der Waals surface area contributed by atoms with Gasteiger partial charge < -0.3 is 4.89 Å². The van der Waals surface area contributed by atoms with Crippen LogP contribution in [-0.4, -0.2) is 0 Å². The summed E-state index contributed by atoms with van der Waals surface area (Å²) >= 11 is 17.4. The minimum absolute atomic E-state index is 0.0741. The lowest BCUT2D eigenvalue weighted by molar-refractivity contribution is -0.0731. The van der Waals surface area contributed by atoms with Crippen molar-refractivity contribution >= 4 is 48.9 Å². The summed E-state index contributed by atoms with van der Waals surface area (Å²) in [4.78, 5) is 4.80. The molecule has 0 N–H and O–H groups in total. The highest BCUT2D eigenvalue weighted by Crippen LogP contribution is 2.40. The number of fused-ring (bicyclic) bond motifs is 1. The van der Waals surface area contributed by atoms with Crippen LogP contribution in [0.4, 0.5) is 0 Å². The molecule has 0 bridgehead atoms. The maximum Gasteiger partial charge on any atom is 0.178 e. The Morgan fingerprint density at radius 2 is 1.92 bits per heavy atom. The Kier molecular flexibility index (Phi) is 2.37. The van der Waals surface area contributed by atoms with Gasteiger partial charge in [-0.25, -0.2) is 0 Å². The number of halogens is 3. The number of rotatable bonds is 0. The quantitative estimate of drug-likeness (QED) is 0.396. The normalized spacial score (nSPS) is 16.2. The molecule has 1 aromatic carbocycles. The van der Waals surface area contributed by atoms with Gasteiger partial charge in [-0.15, -0.1) is 0 Å². The summed E-state index contributed by atoms with van der Waals surface area (Å²) in [5, 5.41) is 1.90. The summed E-state index contributed by atoms with van der Waals surface area (Å²) in [7, 11) is 0.0741. The zero-order valence-corrected chi connectivity index (χ0v) is 8.80. The molecule has 1 aliphatic heterocycles. The SMILES string of the molecule is Clc1cc2c(c(Cl)c1Cl)POO2. The minimum atomic E-state index is 0.0741. The average Bonchev–Trinajstić information content (AvgIpc) is 2.48. The molecule has 2 rings (SSSR count). The van der Waals surface area contributed by atoms with E-state index in [1.807, 2.05) is 0 Å². The van der Waals surface area contributed by atoms with Crippen molar-refractivity contribution in [1.29, 1.82) is 0 Å². The first-order valence-corrected chi connectivity index (χ1v) is 5.01. The van der Waals surface area contributed by atoms with Gasteiger partial charge in [-0.1, -0.05) is 34.8 Å². The standard InChI is InChI=1S/C6H2Cl3O2P/c7-2-1-3-6(12-11-10-3)5(9)4(2)8/h1,12H. The van der Waals surface area contributed by atoms with E-state index in [1.54, 1.807) is 6.07 Å². The van der Waals surface area contributed by atoms with Crippen LogP contribution < -0.4 is 10.2 Å². The molecular weight excluding hydrogens is 241 g/mol. The van der Waals surface area contributed by atoms with E-state index in [4.69, 9.17) is 44.4 Å². The third-order valence-electron chi connectivity index (χ3n) is 1.40. The van der Waals surface area contributed by atoms with Crippen molar-refractivity contribution in [3.05, 3.63) is 21.1 Å². The fourth-order valence-electron chi connectivity index (χ4n) is 0.842. The average molecular weight is 243 g/mol. The smallest absolute Gasteiger partial charge is 0.178 e. The molecule has 0 fully saturated rings. The molecule has 1 unspecified atom stereocenters. The zero-order chi connectivity index (χ0) is 8.72. The van der Waals surface area contributed by atoms with E-state index in [0.29, 0.717) is 20.8 Å². The van der Waals surface area contributed by atoms with Gasteiger partial charge >= 0.3 is 0 Å². The van der Waals surface area contributed by atoms with Crippen LogP contribution in [-0.2, 0) is 4.67 Å². The van der Waals surface area contributed by atoms with Crippen LogP contribution in [0.5, 0.6) is 5.75 Å². The molecule has 12 heavy (non-hydrogen) atoms. The third kappa shape index (κ3) is 1.28. The Morgan fingerprint density at radius 1 is 1.17 bits per heavy atom. The monoisotopic (exact) mass is 242 g/mol. The van der Waals surface area contributed by atoms with Crippen molar-refractivity contribution < 1.29 is 9.56 Å². The van der Waals surface area contributed by atoms with Crippen LogP contribution in [0.15, 0.2) is 6.07 Å². The second kappa shape index (κ2) is 3.21. The molecule has 64 valence electrons. The van der Waals surface area contributed by atoms with E-state index in [2.05, 4.69) is 0 Å². The molecule has 1 aromatic rings. The van der Waals surface area contributed by atoms with Gasteiger partial charge in [-0.05, 0) is 0 Å². The Morgan fingerprint density at radius 3 is 2.67 bits per heavy atom. The molecular formula is C6H2Cl3O2P. The van der Waals surface area contributed by atoms with Gasteiger partial charge in [0.25, 0.3) is 0 Å². The Labute approximate surface area is 85.5 Å². The lowest BCUT2D eigenvalue weighted by atomic mass is 10.3. The fraction of sp³-hybridized carbons (Fsp3) is 0. The van der Waals surface area contributed by atoms with Gasteiger partial charge in [0.1, 0.15) is 8.81 Å². The van der Waals surface area contributed by atoms with E-state index in [0.717, 1.165) is 5.30 Å². The van der Waals surface area contributed by atoms with Gasteiger partial charge in [-0.2, -0.15) is 4.67 Å². The van der Waals surface area contributed by atoms with Crippen molar-refractivity contribution in [1.82, 2.24) is 0 Å². The summed E-state index contributed by atoms with van der Waals surface area (Å²) in [5.41, 5.74) is 0. The molecule has 0 aromatic heterocycles. The van der Waals surface area contributed by atoms with Gasteiger partial charge in [-0.3, -0.25) is 0 Å². The first-order valence-electron chi connectivity index (χ1n) is 2.97. The molecule has 0 spiro atoms. The van der Waals surface area contributed by atoms with Crippen LogP contribution >= 0.6 is 43.6 Å². The van der Waals surface area contributed by atoms with E-state index in [9.17, 15) is 0 Å². The lowest BCUT2D eigenvalue weighted by Crippen LogP contribution is -1.95. The highest BCUT2D eigenvalue weighted by atomic mass is 35.5. The largest absolute Gasteiger partial charge is 0.333 e. The van der Waals surface area contributed by atoms with Gasteiger partial charge in [0.15, 0.2) is 5.75 Å². The molecule has 0 saturated carbocycles. The maximum atomic E-state index is 5.87. The van der Waals surface area contributed by atoms with E-state index >= 15 is 0 Å². The zero-order valence-electron chi connectivity index (χ0n) is 5.53. The van der Waals surface area contributed by atoms with Crippen LogP contribution in [0.1, 0.15) is 0 Å². The van der Waals surface area contributed by atoms with Crippen LogP contribution in [0.3, 0.4) is 0 Å². The summed E-state index contributed by atoms with van der Waals surface area (Å²) in [6, 6.07) is 1.59. The highest BCUT2D eigenvalue weighted by molar-refractivity contribution is 7.43. The van der Waals surface area contributed by atoms with Gasteiger partial charge in [0.2, 0.25) is 0 Å². The van der Waals surface area contributed by atoms with Crippen LogP contribution in [0.2, 0.25) is 15.1 Å². The molecule has 1 atom stereocenters. The molecule has 0 aliphatic carbocycles. The number of hydrogen-bond acceptors (Lipinski definition) is 2. The summed E-state index contributed by atoms with van der Waals surface area (Å²) in [5.74, 6) is 0.549. The molecule has 0 saturated heterocycles. The predicted octanol–water partition coefficient (Wildman–Crippen LogP) is 3.19. The van der Waals surface area contributed by atoms with E-state index in [-0.39, 0.29) is 8.81 Å². The Balaban J connectivity index is 2.67. The second-order valence-electron chi connectivity index (χ2n) is 2.13. The summed E-state index contributed by atoms with van der Waals surface area (Å²) < 4.78 is 4.73. The van der Waals surface area contributed by atoms with Gasteiger partial charge in [0, 0.05) is 6.07 Å².